The van der Waals surface area contributed by atoms with Gasteiger partial charge in [0.25, 0.3) is 0 Å². The van der Waals surface area contributed by atoms with Crippen molar-refractivity contribution < 1.29 is 5.11 Å². The molecule has 0 aromatic heterocycles. The molecule has 1 rings (SSSR count). The van der Waals surface area contributed by atoms with E-state index < -0.39 is 0 Å². The quantitative estimate of drug-likeness (QED) is 0.636. The highest BCUT2D eigenvalue weighted by Gasteiger charge is 1.96. The maximum absolute atomic E-state index is 8.99. The Bertz CT molecular complexity index is 290. The lowest BCUT2D eigenvalue weighted by Gasteiger charge is -1.94. The summed E-state index contributed by atoms with van der Waals surface area (Å²) in [6, 6.07) is 4.62. The minimum absolute atomic E-state index is 0.160. The van der Waals surface area contributed by atoms with E-state index in [0.29, 0.717) is 10.2 Å². The van der Waals surface area contributed by atoms with Crippen LogP contribution in [0.3, 0.4) is 0 Å². The topological polar surface area (TPSA) is 24.6 Å². The highest BCUT2D eigenvalue weighted by Crippen LogP contribution is 2.27. The third-order valence-electron chi connectivity index (χ3n) is 1.06. The normalized spacial score (nSPS) is 8.80. The van der Waals surface area contributed by atoms with Crippen molar-refractivity contribution in [2.45, 2.75) is 0 Å². The number of hydrogen-bond acceptors (Lipinski definition) is 1. The molecule has 3 heteroatoms. The molecular weight excluding hydrogens is 194 g/mol. The molecule has 0 radical (unpaired) electrons. The Hall–Kier alpha value is -1.01. The van der Waals surface area contributed by atoms with E-state index in [0.717, 1.165) is 0 Å². The molecule has 0 amide bonds. The van der Waals surface area contributed by atoms with Crippen LogP contribution < -0.4 is 0 Å². The summed E-state index contributed by atoms with van der Waals surface area (Å²) in [6.45, 7) is 6.63. The zero-order valence-corrected chi connectivity index (χ0v) is 6.59. The van der Waals surface area contributed by atoms with Gasteiger partial charge in [-0.2, -0.15) is 0 Å². The Morgan fingerprint density at radius 1 is 1.50 bits per heavy atom. The van der Waals surface area contributed by atoms with Crippen molar-refractivity contribution in [2.75, 3.05) is 0 Å². The second kappa shape index (κ2) is 2.72. The van der Waals surface area contributed by atoms with Crippen LogP contribution in [-0.2, 0) is 0 Å². The average Bonchev–Trinajstić information content (AvgIpc) is 1.95. The van der Waals surface area contributed by atoms with Gasteiger partial charge in [0.05, 0.1) is 6.57 Å². The molecule has 1 N–H and O–H groups in total. The van der Waals surface area contributed by atoms with Crippen molar-refractivity contribution in [3.63, 3.8) is 0 Å². The van der Waals surface area contributed by atoms with Crippen LogP contribution in [0.25, 0.3) is 4.85 Å². The van der Waals surface area contributed by atoms with Gasteiger partial charge in [0.15, 0.2) is 5.69 Å². The van der Waals surface area contributed by atoms with Crippen molar-refractivity contribution in [3.8, 4) is 5.75 Å². The lowest BCUT2D eigenvalue weighted by Crippen LogP contribution is -1.65. The Kier molecular flexibility index (Phi) is 1.93. The number of benzene rings is 1. The molecule has 2 nitrogen and oxygen atoms in total. The van der Waals surface area contributed by atoms with Gasteiger partial charge in [0, 0.05) is 4.47 Å². The van der Waals surface area contributed by atoms with Crippen molar-refractivity contribution in [2.24, 2.45) is 0 Å². The molecular formula is C7H4BrNO. The molecule has 0 saturated carbocycles. The molecule has 0 atom stereocenters. The fourth-order valence-corrected chi connectivity index (χ4v) is 0.932. The number of phenolic OH excluding ortho intramolecular Hbond substituents is 1. The first-order chi connectivity index (χ1) is 4.74. The maximum atomic E-state index is 8.99. The number of rotatable bonds is 0. The smallest absolute Gasteiger partial charge is 0.188 e. The number of phenols is 1. The minimum atomic E-state index is 0.160. The lowest BCUT2D eigenvalue weighted by molar-refractivity contribution is 0.472. The SMILES string of the molecule is [C-]#[N+]c1ccc(O)c(Br)c1. The van der Waals surface area contributed by atoms with Crippen LogP contribution in [-0.4, -0.2) is 5.11 Å². The summed E-state index contributed by atoms with van der Waals surface area (Å²) in [4.78, 5) is 3.18. The fourth-order valence-electron chi connectivity index (χ4n) is 0.565. The zero-order chi connectivity index (χ0) is 7.56. The summed E-state index contributed by atoms with van der Waals surface area (Å²) >= 11 is 3.09. The molecule has 0 saturated heterocycles. The van der Waals surface area contributed by atoms with Crippen LogP contribution in [0.1, 0.15) is 0 Å². The molecule has 10 heavy (non-hydrogen) atoms. The van der Waals surface area contributed by atoms with Gasteiger partial charge in [-0.25, -0.2) is 4.85 Å². The third-order valence-corrected chi connectivity index (χ3v) is 1.70. The molecule has 0 fully saturated rings. The third kappa shape index (κ3) is 1.28. The molecule has 0 aliphatic carbocycles. The molecule has 0 aliphatic heterocycles. The van der Waals surface area contributed by atoms with Crippen LogP contribution in [0.15, 0.2) is 22.7 Å². The number of hydrogen-bond donors (Lipinski definition) is 1. The summed E-state index contributed by atoms with van der Waals surface area (Å²) in [5.41, 5.74) is 0.518. The molecule has 0 bridgehead atoms. The van der Waals surface area contributed by atoms with Gasteiger partial charge in [-0.05, 0) is 28.1 Å². The van der Waals surface area contributed by atoms with E-state index in [1.54, 1.807) is 12.1 Å². The van der Waals surface area contributed by atoms with E-state index in [-0.39, 0.29) is 5.75 Å². The lowest BCUT2D eigenvalue weighted by atomic mass is 10.3. The van der Waals surface area contributed by atoms with E-state index >= 15 is 0 Å². The van der Waals surface area contributed by atoms with E-state index in [1.807, 2.05) is 0 Å². The number of halogens is 1. The summed E-state index contributed by atoms with van der Waals surface area (Å²) in [7, 11) is 0. The Labute approximate surface area is 67.1 Å². The maximum Gasteiger partial charge on any atom is 0.188 e. The van der Waals surface area contributed by atoms with Gasteiger partial charge < -0.3 is 5.11 Å². The predicted octanol–water partition coefficient (Wildman–Crippen LogP) is 2.71. The molecule has 0 heterocycles. The molecule has 1 aromatic carbocycles. The van der Waals surface area contributed by atoms with E-state index in [1.165, 1.54) is 6.07 Å². The zero-order valence-electron chi connectivity index (χ0n) is 5.00. The summed E-state index contributed by atoms with van der Waals surface area (Å²) in [5.74, 6) is 0.160. The highest BCUT2D eigenvalue weighted by atomic mass is 79.9. The number of nitrogens with zero attached hydrogens (tertiary/aromatic N) is 1. The molecule has 0 aliphatic rings. The Balaban J connectivity index is 3.20. The highest BCUT2D eigenvalue weighted by molar-refractivity contribution is 9.10. The second-order valence-electron chi connectivity index (χ2n) is 1.75. The van der Waals surface area contributed by atoms with Crippen molar-refractivity contribution in [3.05, 3.63) is 34.1 Å². The van der Waals surface area contributed by atoms with E-state index in [9.17, 15) is 0 Å². The first-order valence-corrected chi connectivity index (χ1v) is 3.39. The van der Waals surface area contributed by atoms with E-state index in [2.05, 4.69) is 20.8 Å². The van der Waals surface area contributed by atoms with Gasteiger partial charge >= 0.3 is 0 Å². The van der Waals surface area contributed by atoms with Crippen LogP contribution in [0.2, 0.25) is 0 Å². The van der Waals surface area contributed by atoms with Crippen molar-refractivity contribution >= 4 is 21.6 Å². The molecule has 0 unspecified atom stereocenters. The fraction of sp³-hybridized carbons (Fsp3) is 0. The molecule has 0 spiro atoms. The average molecular weight is 198 g/mol. The van der Waals surface area contributed by atoms with Crippen LogP contribution in [0.5, 0.6) is 5.75 Å². The summed E-state index contributed by atoms with van der Waals surface area (Å²) in [5, 5.41) is 8.99. The van der Waals surface area contributed by atoms with Gasteiger partial charge in [0.2, 0.25) is 0 Å². The largest absolute Gasteiger partial charge is 0.507 e. The summed E-state index contributed by atoms with van der Waals surface area (Å²) in [6.07, 6.45) is 0. The molecule has 50 valence electrons. The first-order valence-electron chi connectivity index (χ1n) is 2.60. The Morgan fingerprint density at radius 2 is 2.20 bits per heavy atom. The standard InChI is InChI=1S/C7H4BrNO/c1-9-5-2-3-7(10)6(8)4-5/h2-4,10H. The van der Waals surface area contributed by atoms with Gasteiger partial charge in [-0.15, -0.1) is 0 Å². The van der Waals surface area contributed by atoms with Crippen LogP contribution in [0.4, 0.5) is 5.69 Å². The van der Waals surface area contributed by atoms with Crippen LogP contribution >= 0.6 is 15.9 Å². The monoisotopic (exact) mass is 197 g/mol. The number of aromatic hydroxyl groups is 1. The first kappa shape index (κ1) is 7.10. The van der Waals surface area contributed by atoms with Gasteiger partial charge in [-0.3, -0.25) is 0 Å². The minimum Gasteiger partial charge on any atom is -0.507 e. The Morgan fingerprint density at radius 3 is 2.70 bits per heavy atom. The van der Waals surface area contributed by atoms with Gasteiger partial charge in [-0.1, -0.05) is 6.07 Å². The second-order valence-corrected chi connectivity index (χ2v) is 2.60. The van der Waals surface area contributed by atoms with Crippen LogP contribution in [0, 0.1) is 6.57 Å². The van der Waals surface area contributed by atoms with Crippen molar-refractivity contribution in [1.29, 1.82) is 0 Å². The predicted molar refractivity (Wildman–Crippen MR) is 42.1 cm³/mol. The molecule has 1 aromatic rings. The summed E-state index contributed by atoms with van der Waals surface area (Å²) < 4.78 is 0.556. The van der Waals surface area contributed by atoms with E-state index in [4.69, 9.17) is 11.7 Å². The van der Waals surface area contributed by atoms with Gasteiger partial charge in [0.1, 0.15) is 5.75 Å². The van der Waals surface area contributed by atoms with Crippen molar-refractivity contribution in [1.82, 2.24) is 0 Å².